The van der Waals surface area contributed by atoms with Gasteiger partial charge in [0.15, 0.2) is 0 Å². The molecule has 0 radical (unpaired) electrons. The molecule has 1 saturated heterocycles. The Kier molecular flexibility index (Phi) is 4.24. The maximum absolute atomic E-state index is 11.6. The number of nitrogens with one attached hydrogen (secondary N) is 4. The maximum Gasteiger partial charge on any atom is 0.242 e. The van der Waals surface area contributed by atoms with Crippen molar-refractivity contribution in [3.63, 3.8) is 0 Å². The van der Waals surface area contributed by atoms with Crippen LogP contribution in [-0.4, -0.2) is 49.9 Å². The van der Waals surface area contributed by atoms with E-state index >= 15 is 0 Å². The third-order valence-electron chi connectivity index (χ3n) is 2.33. The molecule has 0 aliphatic carbocycles. The van der Waals surface area contributed by atoms with Gasteiger partial charge in [-0.25, -0.2) is 0 Å². The lowest BCUT2D eigenvalue weighted by molar-refractivity contribution is -0.130. The molecule has 90 valence electrons. The Morgan fingerprint density at radius 3 is 2.69 bits per heavy atom. The van der Waals surface area contributed by atoms with Gasteiger partial charge in [0.05, 0.1) is 6.54 Å². The summed E-state index contributed by atoms with van der Waals surface area (Å²) in [7, 11) is 1.50. The number of rotatable bonds is 3. The number of carbonyl (C=O) groups excluding carboxylic acids is 3. The van der Waals surface area contributed by atoms with Crippen molar-refractivity contribution in [2.24, 2.45) is 0 Å². The first kappa shape index (κ1) is 12.4. The maximum atomic E-state index is 11.6. The van der Waals surface area contributed by atoms with Crippen LogP contribution < -0.4 is 21.3 Å². The van der Waals surface area contributed by atoms with Gasteiger partial charge in [-0.2, -0.15) is 0 Å². The van der Waals surface area contributed by atoms with Gasteiger partial charge < -0.3 is 16.0 Å². The molecule has 0 aromatic heterocycles. The summed E-state index contributed by atoms with van der Waals surface area (Å²) in [5.74, 6) is -0.687. The largest absolute Gasteiger partial charge is 0.357 e. The van der Waals surface area contributed by atoms with Gasteiger partial charge in [-0.1, -0.05) is 0 Å². The fourth-order valence-corrected chi connectivity index (χ4v) is 1.35. The topological polar surface area (TPSA) is 99.3 Å². The van der Waals surface area contributed by atoms with Crippen LogP contribution in [0.4, 0.5) is 0 Å². The Morgan fingerprint density at radius 2 is 2.19 bits per heavy atom. The van der Waals surface area contributed by atoms with Gasteiger partial charge in [-0.3, -0.25) is 19.7 Å². The van der Waals surface area contributed by atoms with Crippen LogP contribution in [0.3, 0.4) is 0 Å². The molecule has 1 aliphatic heterocycles. The molecule has 0 aromatic carbocycles. The van der Waals surface area contributed by atoms with Crippen molar-refractivity contribution in [1.82, 2.24) is 21.3 Å². The molecule has 16 heavy (non-hydrogen) atoms. The Bertz CT molecular complexity index is 295. The minimum Gasteiger partial charge on any atom is -0.357 e. The molecule has 0 saturated carbocycles. The number of amides is 3. The predicted molar refractivity (Wildman–Crippen MR) is 56.5 cm³/mol. The summed E-state index contributed by atoms with van der Waals surface area (Å²) in [5.41, 5.74) is 0. The van der Waals surface area contributed by atoms with Crippen LogP contribution in [0.15, 0.2) is 0 Å². The standard InChI is InChI=1S/C9H16N4O3/c1-5(8(15)10-2)13-9(16)6-3-12-7(14)4-11-6/h5-6,11H,3-4H2,1-2H3,(H,10,15)(H,12,14)(H,13,16). The minimum absolute atomic E-state index is 0.118. The highest BCUT2D eigenvalue weighted by atomic mass is 16.2. The highest BCUT2D eigenvalue weighted by Gasteiger charge is 2.25. The molecule has 1 aliphatic rings. The minimum atomic E-state index is -0.586. The van der Waals surface area contributed by atoms with Gasteiger partial charge in [-0.15, -0.1) is 0 Å². The number of hydrogen-bond donors (Lipinski definition) is 4. The lowest BCUT2D eigenvalue weighted by Gasteiger charge is -2.24. The molecule has 7 heteroatoms. The Hall–Kier alpha value is -1.63. The zero-order chi connectivity index (χ0) is 12.1. The summed E-state index contributed by atoms with van der Waals surface area (Å²) in [5, 5.41) is 10.3. The van der Waals surface area contributed by atoms with Gasteiger partial charge >= 0.3 is 0 Å². The first-order valence-electron chi connectivity index (χ1n) is 5.06. The molecule has 0 spiro atoms. The fraction of sp³-hybridized carbons (Fsp3) is 0.667. The highest BCUT2D eigenvalue weighted by Crippen LogP contribution is 1.90. The molecule has 4 N–H and O–H groups in total. The third-order valence-corrected chi connectivity index (χ3v) is 2.33. The zero-order valence-corrected chi connectivity index (χ0v) is 9.29. The number of carbonyl (C=O) groups is 3. The molecule has 7 nitrogen and oxygen atoms in total. The van der Waals surface area contributed by atoms with Gasteiger partial charge in [0, 0.05) is 13.6 Å². The van der Waals surface area contributed by atoms with Crippen molar-refractivity contribution in [3.8, 4) is 0 Å². The van der Waals surface area contributed by atoms with Crippen LogP contribution in [0.25, 0.3) is 0 Å². The Labute approximate surface area is 93.3 Å². The van der Waals surface area contributed by atoms with Gasteiger partial charge in [0.2, 0.25) is 17.7 Å². The first-order chi connectivity index (χ1) is 7.54. The monoisotopic (exact) mass is 228 g/mol. The van der Waals surface area contributed by atoms with Crippen LogP contribution in [0, 0.1) is 0 Å². The van der Waals surface area contributed by atoms with Crippen molar-refractivity contribution < 1.29 is 14.4 Å². The second-order valence-electron chi connectivity index (χ2n) is 3.58. The zero-order valence-electron chi connectivity index (χ0n) is 9.29. The van der Waals surface area contributed by atoms with Crippen molar-refractivity contribution in [1.29, 1.82) is 0 Å². The molecule has 2 atom stereocenters. The average Bonchev–Trinajstić information content (AvgIpc) is 2.28. The van der Waals surface area contributed by atoms with Crippen LogP contribution in [0.5, 0.6) is 0 Å². The van der Waals surface area contributed by atoms with Gasteiger partial charge in [0.25, 0.3) is 0 Å². The van der Waals surface area contributed by atoms with Crippen molar-refractivity contribution in [2.45, 2.75) is 19.0 Å². The van der Waals surface area contributed by atoms with E-state index in [9.17, 15) is 14.4 Å². The lowest BCUT2D eigenvalue weighted by atomic mass is 10.2. The molecule has 0 aromatic rings. The summed E-state index contributed by atoms with van der Waals surface area (Å²) < 4.78 is 0. The van der Waals surface area contributed by atoms with E-state index in [0.29, 0.717) is 0 Å². The van der Waals surface area contributed by atoms with E-state index in [1.807, 2.05) is 0 Å². The summed E-state index contributed by atoms with van der Waals surface area (Å²) in [4.78, 5) is 33.6. The Balaban J connectivity index is 2.40. The number of piperazine rings is 1. The van der Waals surface area contributed by atoms with E-state index in [1.54, 1.807) is 6.92 Å². The van der Waals surface area contributed by atoms with Crippen LogP contribution in [0.2, 0.25) is 0 Å². The summed E-state index contributed by atoms with van der Waals surface area (Å²) >= 11 is 0. The van der Waals surface area contributed by atoms with Crippen molar-refractivity contribution >= 4 is 17.7 Å². The molecule has 0 bridgehead atoms. The van der Waals surface area contributed by atoms with Crippen LogP contribution in [-0.2, 0) is 14.4 Å². The van der Waals surface area contributed by atoms with E-state index in [1.165, 1.54) is 7.05 Å². The van der Waals surface area contributed by atoms with E-state index in [0.717, 1.165) is 0 Å². The van der Waals surface area contributed by atoms with Crippen molar-refractivity contribution in [2.75, 3.05) is 20.1 Å². The van der Waals surface area contributed by atoms with E-state index in [-0.39, 0.29) is 30.8 Å². The van der Waals surface area contributed by atoms with E-state index in [2.05, 4.69) is 21.3 Å². The second-order valence-corrected chi connectivity index (χ2v) is 3.58. The quantitative estimate of drug-likeness (QED) is 0.423. The SMILES string of the molecule is CNC(=O)C(C)NC(=O)C1CNC(=O)CN1. The predicted octanol–water partition coefficient (Wildman–Crippen LogP) is -2.67. The third kappa shape index (κ3) is 3.20. The molecule has 1 rings (SSSR count). The molecule has 1 fully saturated rings. The fourth-order valence-electron chi connectivity index (χ4n) is 1.35. The lowest BCUT2D eigenvalue weighted by Crippen LogP contribution is -2.60. The highest BCUT2D eigenvalue weighted by molar-refractivity contribution is 5.91. The normalized spacial score (nSPS) is 21.9. The van der Waals surface area contributed by atoms with Crippen LogP contribution >= 0.6 is 0 Å². The Morgan fingerprint density at radius 1 is 1.50 bits per heavy atom. The smallest absolute Gasteiger partial charge is 0.242 e. The molecule has 3 amide bonds. The summed E-state index contributed by atoms with van der Waals surface area (Å²) in [6.07, 6.45) is 0. The molecule has 1 heterocycles. The van der Waals surface area contributed by atoms with Crippen LogP contribution in [0.1, 0.15) is 6.92 Å². The average molecular weight is 228 g/mol. The summed E-state index contributed by atoms with van der Waals surface area (Å²) in [6, 6.07) is -1.07. The number of likely N-dealkylation sites (N-methyl/N-ethyl adjacent to an activating group) is 1. The van der Waals surface area contributed by atoms with E-state index in [4.69, 9.17) is 0 Å². The van der Waals surface area contributed by atoms with Crippen molar-refractivity contribution in [3.05, 3.63) is 0 Å². The second kappa shape index (κ2) is 5.45. The van der Waals surface area contributed by atoms with Gasteiger partial charge in [0.1, 0.15) is 12.1 Å². The molecule has 2 unspecified atom stereocenters. The van der Waals surface area contributed by atoms with Gasteiger partial charge in [-0.05, 0) is 6.92 Å². The summed E-state index contributed by atoms with van der Waals surface area (Å²) in [6.45, 7) is 1.95. The number of hydrogen-bond acceptors (Lipinski definition) is 4. The van der Waals surface area contributed by atoms with E-state index < -0.39 is 12.1 Å². The molecular formula is C9H16N4O3. The first-order valence-corrected chi connectivity index (χ1v) is 5.06. The molecular weight excluding hydrogens is 212 g/mol.